The van der Waals surface area contributed by atoms with Crippen LogP contribution in [0.3, 0.4) is 0 Å². The number of benzene rings is 1. The fourth-order valence-corrected chi connectivity index (χ4v) is 3.97. The van der Waals surface area contributed by atoms with Crippen molar-refractivity contribution in [1.29, 1.82) is 5.26 Å². The first-order valence-corrected chi connectivity index (χ1v) is 8.19. The van der Waals surface area contributed by atoms with Gasteiger partial charge in [0, 0.05) is 42.2 Å². The molecule has 1 fully saturated rings. The fourth-order valence-electron chi connectivity index (χ4n) is 2.58. The number of carbonyl (C=O) groups excluding carboxylic acids is 1. The van der Waals surface area contributed by atoms with E-state index in [4.69, 9.17) is 5.26 Å². The molecule has 0 saturated carbocycles. The summed E-state index contributed by atoms with van der Waals surface area (Å²) in [5.41, 5.74) is 1.34. The van der Waals surface area contributed by atoms with Crippen LogP contribution >= 0.6 is 11.8 Å². The number of hydrogen-bond donors (Lipinski definition) is 1. The van der Waals surface area contributed by atoms with Gasteiger partial charge in [-0.25, -0.2) is 0 Å². The molecule has 1 aliphatic rings. The molecule has 1 amide bonds. The molecule has 5 heteroatoms. The van der Waals surface area contributed by atoms with Crippen molar-refractivity contribution in [3.8, 4) is 6.07 Å². The Morgan fingerprint density at radius 2 is 1.95 bits per heavy atom. The van der Waals surface area contributed by atoms with E-state index in [1.807, 2.05) is 11.8 Å². The highest BCUT2D eigenvalue weighted by Gasteiger charge is 2.22. The minimum absolute atomic E-state index is 0.0261. The molecular formula is C16H21N3OS. The molecule has 0 spiro atoms. The maximum atomic E-state index is 12.0. The van der Waals surface area contributed by atoms with Gasteiger partial charge in [0.15, 0.2) is 0 Å². The molecule has 2 unspecified atom stereocenters. The van der Waals surface area contributed by atoms with Crippen LogP contribution in [0.2, 0.25) is 0 Å². The van der Waals surface area contributed by atoms with Gasteiger partial charge in [-0.05, 0) is 24.3 Å². The van der Waals surface area contributed by atoms with E-state index in [2.05, 4.69) is 30.1 Å². The number of nitrogens with one attached hydrogen (secondary N) is 1. The number of thioether (sulfide) groups is 1. The number of hydrogen-bond acceptors (Lipinski definition) is 4. The fraction of sp³-hybridized carbons (Fsp3) is 0.500. The maximum absolute atomic E-state index is 12.0. The highest BCUT2D eigenvalue weighted by molar-refractivity contribution is 8.00. The first kappa shape index (κ1) is 15.9. The molecule has 1 heterocycles. The van der Waals surface area contributed by atoms with E-state index in [1.165, 1.54) is 0 Å². The third kappa shape index (κ3) is 5.07. The van der Waals surface area contributed by atoms with Gasteiger partial charge in [-0.1, -0.05) is 13.8 Å². The van der Waals surface area contributed by atoms with Crippen LogP contribution in [0.1, 0.15) is 25.8 Å². The molecule has 112 valence electrons. The van der Waals surface area contributed by atoms with Crippen molar-refractivity contribution in [3.05, 3.63) is 29.8 Å². The number of amides is 1. The Kier molecular flexibility index (Phi) is 5.66. The van der Waals surface area contributed by atoms with Gasteiger partial charge < -0.3 is 10.2 Å². The second-order valence-electron chi connectivity index (χ2n) is 5.50. The predicted molar refractivity (Wildman–Crippen MR) is 87.4 cm³/mol. The molecule has 21 heavy (non-hydrogen) atoms. The Hall–Kier alpha value is -1.51. The standard InChI is InChI=1S/C16H21N3OS/c1-12-10-19(11-13(2)21-12)8-7-16(20)18-15-5-3-14(9-17)4-6-15/h3-6,12-13H,7-8,10-11H2,1-2H3,(H,18,20). The number of rotatable bonds is 4. The highest BCUT2D eigenvalue weighted by atomic mass is 32.2. The lowest BCUT2D eigenvalue weighted by Crippen LogP contribution is -2.41. The van der Waals surface area contributed by atoms with Crippen LogP contribution in [0.25, 0.3) is 0 Å². The van der Waals surface area contributed by atoms with E-state index in [0.717, 1.165) is 25.3 Å². The average Bonchev–Trinajstić information content (AvgIpc) is 2.45. The molecule has 2 rings (SSSR count). The van der Waals surface area contributed by atoms with Crippen LogP contribution in [-0.2, 0) is 4.79 Å². The Morgan fingerprint density at radius 1 is 1.33 bits per heavy atom. The Labute approximate surface area is 130 Å². The second-order valence-corrected chi connectivity index (χ2v) is 7.39. The molecule has 0 radical (unpaired) electrons. The first-order chi connectivity index (χ1) is 10.1. The zero-order valence-corrected chi connectivity index (χ0v) is 13.3. The molecular weight excluding hydrogens is 282 g/mol. The normalized spacial score (nSPS) is 22.5. The average molecular weight is 303 g/mol. The lowest BCUT2D eigenvalue weighted by Gasteiger charge is -2.34. The maximum Gasteiger partial charge on any atom is 0.225 e. The van der Waals surface area contributed by atoms with Gasteiger partial charge in [-0.2, -0.15) is 17.0 Å². The van der Waals surface area contributed by atoms with Crippen molar-refractivity contribution in [2.24, 2.45) is 0 Å². The third-order valence-corrected chi connectivity index (χ3v) is 4.68. The van der Waals surface area contributed by atoms with Gasteiger partial charge in [-0.15, -0.1) is 0 Å². The highest BCUT2D eigenvalue weighted by Crippen LogP contribution is 2.24. The van der Waals surface area contributed by atoms with Crippen molar-refractivity contribution in [2.75, 3.05) is 25.0 Å². The topological polar surface area (TPSA) is 56.1 Å². The van der Waals surface area contributed by atoms with E-state index in [0.29, 0.717) is 22.5 Å². The van der Waals surface area contributed by atoms with Crippen molar-refractivity contribution < 1.29 is 4.79 Å². The van der Waals surface area contributed by atoms with Crippen LogP contribution in [0.5, 0.6) is 0 Å². The SMILES string of the molecule is CC1CN(CCC(=O)Nc2ccc(C#N)cc2)CC(C)S1. The summed E-state index contributed by atoms with van der Waals surface area (Å²) < 4.78 is 0. The summed E-state index contributed by atoms with van der Waals surface area (Å²) in [4.78, 5) is 14.3. The largest absolute Gasteiger partial charge is 0.326 e. The molecule has 1 N–H and O–H groups in total. The summed E-state index contributed by atoms with van der Waals surface area (Å²) >= 11 is 2.02. The summed E-state index contributed by atoms with van der Waals surface area (Å²) in [6.45, 7) is 7.39. The summed E-state index contributed by atoms with van der Waals surface area (Å²) in [7, 11) is 0. The van der Waals surface area contributed by atoms with Crippen LogP contribution in [0.4, 0.5) is 5.69 Å². The molecule has 1 aromatic carbocycles. The van der Waals surface area contributed by atoms with E-state index in [9.17, 15) is 4.79 Å². The van der Waals surface area contributed by atoms with Crippen LogP contribution < -0.4 is 5.32 Å². The minimum Gasteiger partial charge on any atom is -0.326 e. The minimum atomic E-state index is 0.0261. The van der Waals surface area contributed by atoms with E-state index in [-0.39, 0.29) is 5.91 Å². The van der Waals surface area contributed by atoms with Gasteiger partial charge in [0.2, 0.25) is 5.91 Å². The van der Waals surface area contributed by atoms with Crippen molar-refractivity contribution >= 4 is 23.4 Å². The van der Waals surface area contributed by atoms with E-state index >= 15 is 0 Å². The summed E-state index contributed by atoms with van der Waals surface area (Å²) in [5, 5.41) is 12.9. The molecule has 0 bridgehead atoms. The molecule has 1 aliphatic heterocycles. The van der Waals surface area contributed by atoms with Crippen LogP contribution in [0.15, 0.2) is 24.3 Å². The number of carbonyl (C=O) groups is 1. The zero-order chi connectivity index (χ0) is 15.2. The third-order valence-electron chi connectivity index (χ3n) is 3.45. The summed E-state index contributed by atoms with van der Waals surface area (Å²) in [6.07, 6.45) is 0.504. The van der Waals surface area contributed by atoms with Crippen molar-refractivity contribution in [2.45, 2.75) is 30.8 Å². The molecule has 0 aromatic heterocycles. The zero-order valence-electron chi connectivity index (χ0n) is 12.5. The Bertz CT molecular complexity index is 513. The number of nitrogens with zero attached hydrogens (tertiary/aromatic N) is 2. The number of nitriles is 1. The molecule has 4 nitrogen and oxygen atoms in total. The van der Waals surface area contributed by atoms with Gasteiger partial charge in [0.1, 0.15) is 0 Å². The molecule has 2 atom stereocenters. The lowest BCUT2D eigenvalue weighted by atomic mass is 10.2. The van der Waals surface area contributed by atoms with Gasteiger partial charge >= 0.3 is 0 Å². The second kappa shape index (κ2) is 7.48. The van der Waals surface area contributed by atoms with Crippen molar-refractivity contribution in [1.82, 2.24) is 4.90 Å². The van der Waals surface area contributed by atoms with Gasteiger partial charge in [0.25, 0.3) is 0 Å². The monoisotopic (exact) mass is 303 g/mol. The van der Waals surface area contributed by atoms with Gasteiger partial charge in [-0.3, -0.25) is 4.79 Å². The van der Waals surface area contributed by atoms with E-state index in [1.54, 1.807) is 24.3 Å². The smallest absolute Gasteiger partial charge is 0.225 e. The predicted octanol–water partition coefficient (Wildman–Crippen LogP) is 2.71. The number of anilines is 1. The van der Waals surface area contributed by atoms with Gasteiger partial charge in [0.05, 0.1) is 11.6 Å². The molecule has 1 saturated heterocycles. The summed E-state index contributed by atoms with van der Waals surface area (Å²) in [6, 6.07) is 9.00. The molecule has 0 aliphatic carbocycles. The van der Waals surface area contributed by atoms with Crippen molar-refractivity contribution in [3.63, 3.8) is 0 Å². The van der Waals surface area contributed by atoms with Crippen LogP contribution in [-0.4, -0.2) is 40.9 Å². The Morgan fingerprint density at radius 3 is 2.52 bits per heavy atom. The quantitative estimate of drug-likeness (QED) is 0.929. The van der Waals surface area contributed by atoms with Crippen LogP contribution in [0, 0.1) is 11.3 Å². The first-order valence-electron chi connectivity index (χ1n) is 7.24. The summed E-state index contributed by atoms with van der Waals surface area (Å²) in [5.74, 6) is 0.0261. The molecule has 1 aromatic rings. The van der Waals surface area contributed by atoms with E-state index < -0.39 is 0 Å². The Balaban J connectivity index is 1.78. The lowest BCUT2D eigenvalue weighted by molar-refractivity contribution is -0.116.